The molecule has 1 saturated heterocycles. The lowest BCUT2D eigenvalue weighted by atomic mass is 10.4. The molecule has 0 aromatic heterocycles. The van der Waals surface area contributed by atoms with Crippen LogP contribution in [0, 0.1) is 0 Å². The van der Waals surface area contributed by atoms with Crippen molar-refractivity contribution >= 4 is 31.9 Å². The van der Waals surface area contributed by atoms with Crippen LogP contribution in [-0.2, 0) is 0 Å². The number of hydrogen-bond acceptors (Lipinski definition) is 2. The molecule has 0 atom stereocenters. The van der Waals surface area contributed by atoms with Gasteiger partial charge in [0.15, 0.2) is 0 Å². The van der Waals surface area contributed by atoms with E-state index in [4.69, 9.17) is 0 Å². The number of halogens is 12. The minimum atomic E-state index is -6.18. The molecule has 0 aromatic rings. The summed E-state index contributed by atoms with van der Waals surface area (Å²) >= 11 is 3.13. The van der Waals surface area contributed by atoms with Crippen LogP contribution in [0.15, 0.2) is 0 Å². The Morgan fingerprint density at radius 3 is 0.947 bits per heavy atom. The van der Waals surface area contributed by atoms with Crippen molar-refractivity contribution in [3.8, 4) is 0 Å². The van der Waals surface area contributed by atoms with Gasteiger partial charge in [0.25, 0.3) is 0 Å². The molecule has 1 aliphatic rings. The van der Waals surface area contributed by atoms with Crippen molar-refractivity contribution in [1.29, 1.82) is 0 Å². The van der Waals surface area contributed by atoms with Crippen LogP contribution in [0.5, 0.6) is 0 Å². The minimum absolute atomic E-state index is 1.57. The summed E-state index contributed by atoms with van der Waals surface area (Å²) in [5, 5.41) is 0. The second kappa shape index (κ2) is 4.10. The summed E-state index contributed by atoms with van der Waals surface area (Å²) < 4.78 is 122. The van der Waals surface area contributed by atoms with Crippen LogP contribution < -0.4 is 0 Å². The summed E-state index contributed by atoms with van der Waals surface area (Å²) in [7, 11) is 0. The predicted molar refractivity (Wildman–Crippen MR) is 46.3 cm³/mol. The van der Waals surface area contributed by atoms with Crippen LogP contribution in [0.25, 0.3) is 0 Å². The van der Waals surface area contributed by atoms with E-state index in [1.165, 1.54) is 0 Å². The second-order valence-electron chi connectivity index (χ2n) is 3.20. The third-order valence-electron chi connectivity index (χ3n) is 1.97. The lowest BCUT2D eigenvalue weighted by molar-refractivity contribution is -0.378. The summed E-state index contributed by atoms with van der Waals surface area (Å²) in [4.78, 5) is -4.55. The molecule has 0 amide bonds. The topological polar surface area (TPSA) is 6.48 Å². The average Bonchev–Trinajstić information content (AvgIpc) is 2.02. The van der Waals surface area contributed by atoms with E-state index in [1.807, 2.05) is 0 Å². The predicted octanol–water partition coefficient (Wildman–Crippen LogP) is 4.23. The van der Waals surface area contributed by atoms with E-state index < -0.39 is 38.0 Å². The Morgan fingerprint density at radius 2 is 0.842 bits per heavy atom. The maximum atomic E-state index is 13.0. The van der Waals surface area contributed by atoms with Gasteiger partial charge in [-0.2, -0.15) is 43.9 Å². The molecule has 0 unspecified atom stereocenters. The van der Waals surface area contributed by atoms with E-state index >= 15 is 0 Å². The van der Waals surface area contributed by atoms with Crippen molar-refractivity contribution in [3.63, 3.8) is 0 Å². The average molecular weight is 438 g/mol. The smallest absolute Gasteiger partial charge is 0.179 e. The third kappa shape index (κ3) is 2.33. The number of alkyl halides is 12. The van der Waals surface area contributed by atoms with Crippen LogP contribution in [0.1, 0.15) is 0 Å². The summed E-state index contributed by atoms with van der Waals surface area (Å²) in [5.41, 5.74) is 0. The van der Waals surface area contributed by atoms with Gasteiger partial charge in [0, 0.05) is 0 Å². The highest BCUT2D eigenvalue weighted by Gasteiger charge is 2.87. The van der Waals surface area contributed by atoms with Gasteiger partial charge in [0.1, 0.15) is 0 Å². The van der Waals surface area contributed by atoms with E-state index in [2.05, 4.69) is 0 Å². The van der Waals surface area contributed by atoms with Gasteiger partial charge in [-0.05, 0) is 31.9 Å². The van der Waals surface area contributed by atoms with Crippen molar-refractivity contribution in [3.05, 3.63) is 0 Å². The third-order valence-corrected chi connectivity index (χ3v) is 3.39. The Morgan fingerprint density at radius 1 is 0.632 bits per heavy atom. The van der Waals surface area contributed by atoms with Gasteiger partial charge in [-0.15, -0.1) is 9.80 Å². The van der Waals surface area contributed by atoms with Crippen LogP contribution in [0.3, 0.4) is 0 Å². The van der Waals surface area contributed by atoms with Crippen molar-refractivity contribution in [2.45, 2.75) is 28.2 Å². The van der Waals surface area contributed by atoms with Crippen LogP contribution >= 0.6 is 31.9 Å². The number of rotatable bonds is 0. The van der Waals surface area contributed by atoms with Gasteiger partial charge < -0.3 is 0 Å². The zero-order chi connectivity index (χ0) is 15.7. The molecule has 0 aromatic carbocycles. The van der Waals surface area contributed by atoms with E-state index in [-0.39, 0.29) is 0 Å². The number of nitrogens with zero attached hydrogens (tertiary/aromatic N) is 2. The van der Waals surface area contributed by atoms with Crippen LogP contribution in [-0.4, -0.2) is 38.0 Å². The molecule has 0 spiro atoms. The van der Waals surface area contributed by atoms with Gasteiger partial charge in [0.05, 0.1) is 0 Å². The molecule has 114 valence electrons. The Hall–Kier alpha value is 0.180. The van der Waals surface area contributed by atoms with Crippen molar-refractivity contribution in [2.75, 3.05) is 0 Å². The molecule has 0 N–H and O–H groups in total. The molecule has 0 aliphatic carbocycles. The van der Waals surface area contributed by atoms with E-state index in [0.717, 1.165) is 0 Å². The zero-order valence-corrected chi connectivity index (χ0v) is 11.1. The maximum absolute atomic E-state index is 13.0. The van der Waals surface area contributed by atoms with Crippen LogP contribution in [0.2, 0.25) is 0 Å². The number of hydrogen-bond donors (Lipinski definition) is 0. The van der Waals surface area contributed by atoms with E-state index in [0.29, 0.717) is 0 Å². The van der Waals surface area contributed by atoms with Crippen LogP contribution in [0.4, 0.5) is 43.9 Å². The fourth-order valence-electron chi connectivity index (χ4n) is 1.33. The standard InChI is InChI=1S/C5Br2F10N2/c6-3(7)18(4(12,13)14)1(8,9)2(10,11)19(3)5(15,16)17. The highest BCUT2D eigenvalue weighted by molar-refractivity contribution is 9.25. The van der Waals surface area contributed by atoms with Gasteiger partial charge in [0.2, 0.25) is 3.48 Å². The molecule has 1 rings (SSSR count). The SMILES string of the molecule is FC(F)(F)N1C(Br)(Br)N(C(F)(F)F)C(F)(F)C1(F)F. The highest BCUT2D eigenvalue weighted by atomic mass is 79.9. The molecule has 1 heterocycles. The molecule has 0 saturated carbocycles. The van der Waals surface area contributed by atoms with Crippen molar-refractivity contribution in [2.24, 2.45) is 0 Å². The monoisotopic (exact) mass is 436 g/mol. The van der Waals surface area contributed by atoms with Crippen molar-refractivity contribution in [1.82, 2.24) is 9.80 Å². The molecule has 19 heavy (non-hydrogen) atoms. The van der Waals surface area contributed by atoms with Gasteiger partial charge >= 0.3 is 24.7 Å². The summed E-state index contributed by atoms with van der Waals surface area (Å²) in [6.07, 6.45) is -12.4. The lowest BCUT2D eigenvalue weighted by Gasteiger charge is -2.34. The first-order valence-electron chi connectivity index (χ1n) is 3.86. The summed E-state index contributed by atoms with van der Waals surface area (Å²) in [6, 6.07) is -12.3. The molecule has 0 radical (unpaired) electrons. The molecular weight excluding hydrogens is 438 g/mol. The van der Waals surface area contributed by atoms with Crippen molar-refractivity contribution < 1.29 is 43.9 Å². The molecule has 2 nitrogen and oxygen atoms in total. The molecular formula is C5Br2F10N2. The first-order chi connectivity index (χ1) is 7.98. The Bertz CT molecular complexity index is 339. The fourth-order valence-corrected chi connectivity index (χ4v) is 3.03. The normalized spacial score (nSPS) is 27.8. The highest BCUT2D eigenvalue weighted by Crippen LogP contribution is 2.64. The fraction of sp³-hybridized carbons (Fsp3) is 1.00. The van der Waals surface area contributed by atoms with Gasteiger partial charge in [-0.3, -0.25) is 0 Å². The Labute approximate surface area is 114 Å². The molecule has 1 fully saturated rings. The van der Waals surface area contributed by atoms with Gasteiger partial charge in [-0.25, -0.2) is 0 Å². The largest absolute Gasteiger partial charge is 0.467 e. The first-order valence-corrected chi connectivity index (χ1v) is 5.45. The zero-order valence-electron chi connectivity index (χ0n) is 7.93. The van der Waals surface area contributed by atoms with Gasteiger partial charge in [-0.1, -0.05) is 0 Å². The minimum Gasteiger partial charge on any atom is -0.179 e. The quantitative estimate of drug-likeness (QED) is 0.318. The Balaban J connectivity index is 3.56. The summed E-state index contributed by atoms with van der Waals surface area (Å²) in [6.45, 7) is 0. The Kier molecular flexibility index (Phi) is 3.72. The first kappa shape index (κ1) is 17.2. The maximum Gasteiger partial charge on any atom is 0.467 e. The second-order valence-corrected chi connectivity index (χ2v) is 6.47. The molecule has 1 aliphatic heterocycles. The summed E-state index contributed by atoms with van der Waals surface area (Å²) in [5.74, 6) is 0. The van der Waals surface area contributed by atoms with E-state index in [9.17, 15) is 43.9 Å². The van der Waals surface area contributed by atoms with E-state index in [1.54, 1.807) is 31.9 Å². The molecule has 14 heteroatoms. The lowest BCUT2D eigenvalue weighted by Crippen LogP contribution is -2.56. The molecule has 0 bridgehead atoms.